The molecule has 6 nitrogen and oxygen atoms in total. The third-order valence-electron chi connectivity index (χ3n) is 4.71. The Morgan fingerprint density at radius 1 is 1.12 bits per heavy atom. The number of halogens is 1. The van der Waals surface area contributed by atoms with Gasteiger partial charge < -0.3 is 10.2 Å². The van der Waals surface area contributed by atoms with Crippen molar-refractivity contribution in [2.75, 3.05) is 32.7 Å². The van der Waals surface area contributed by atoms with Crippen LogP contribution in [0, 0.1) is 0 Å². The van der Waals surface area contributed by atoms with Crippen LogP contribution in [0.5, 0.6) is 0 Å². The molecule has 1 N–H and O–H groups in total. The van der Waals surface area contributed by atoms with Crippen molar-refractivity contribution in [3.8, 4) is 0 Å². The molecule has 1 atom stereocenters. The fraction of sp³-hybridized carbons (Fsp3) is 0.588. The van der Waals surface area contributed by atoms with Gasteiger partial charge in [-0.05, 0) is 31.9 Å². The zero-order chi connectivity index (χ0) is 17.2. The van der Waals surface area contributed by atoms with E-state index in [1.807, 2.05) is 6.92 Å². The van der Waals surface area contributed by atoms with E-state index in [0.29, 0.717) is 26.2 Å². The quantitative estimate of drug-likeness (QED) is 0.857. The van der Waals surface area contributed by atoms with Crippen LogP contribution < -0.4 is 5.32 Å². The summed E-state index contributed by atoms with van der Waals surface area (Å²) in [5, 5.41) is 3.29. The van der Waals surface area contributed by atoms with Gasteiger partial charge in [0.05, 0.1) is 10.5 Å². The maximum absolute atomic E-state index is 13.0. The summed E-state index contributed by atoms with van der Waals surface area (Å²) in [4.78, 5) is 14.8. The molecule has 0 aliphatic carbocycles. The van der Waals surface area contributed by atoms with E-state index in [-0.39, 0.29) is 34.8 Å². The standard InChI is InChI=1S/C17H25N3O3S.ClH/c1-14-13-19(12-9-18-14)17(21)15-7-3-4-8-16(15)24(22,23)20-10-5-2-6-11-20;/h3-4,7-8,14,18H,2,5-6,9-13H2,1H3;1H. The first-order valence-corrected chi connectivity index (χ1v) is 10.1. The summed E-state index contributed by atoms with van der Waals surface area (Å²) in [5.41, 5.74) is 0.289. The molecule has 3 rings (SSSR count). The van der Waals surface area contributed by atoms with Crippen molar-refractivity contribution >= 4 is 28.3 Å². The Bertz CT molecular complexity index is 705. The molecule has 0 bridgehead atoms. The van der Waals surface area contributed by atoms with Gasteiger partial charge in [-0.15, -0.1) is 12.4 Å². The Hall–Kier alpha value is -1.15. The molecule has 1 aromatic rings. The van der Waals surface area contributed by atoms with Crippen LogP contribution in [-0.4, -0.2) is 62.3 Å². The highest BCUT2D eigenvalue weighted by Gasteiger charge is 2.31. The van der Waals surface area contributed by atoms with Gasteiger partial charge in [0.15, 0.2) is 0 Å². The topological polar surface area (TPSA) is 69.7 Å². The number of nitrogens with one attached hydrogen (secondary N) is 1. The van der Waals surface area contributed by atoms with Crippen molar-refractivity contribution in [2.45, 2.75) is 37.1 Å². The lowest BCUT2D eigenvalue weighted by molar-refractivity contribution is 0.0705. The number of sulfonamides is 1. The van der Waals surface area contributed by atoms with Crippen molar-refractivity contribution in [3.63, 3.8) is 0 Å². The van der Waals surface area contributed by atoms with Gasteiger partial charge in [-0.2, -0.15) is 4.31 Å². The molecule has 2 saturated heterocycles. The third-order valence-corrected chi connectivity index (χ3v) is 6.66. The molecule has 1 unspecified atom stereocenters. The summed E-state index contributed by atoms with van der Waals surface area (Å²) in [6, 6.07) is 6.82. The zero-order valence-electron chi connectivity index (χ0n) is 14.5. The number of hydrogen-bond acceptors (Lipinski definition) is 4. The predicted octanol–water partition coefficient (Wildman–Crippen LogP) is 1.72. The first-order chi connectivity index (χ1) is 11.5. The molecule has 0 saturated carbocycles. The second-order valence-corrected chi connectivity index (χ2v) is 8.47. The van der Waals surface area contributed by atoms with E-state index in [1.165, 1.54) is 4.31 Å². The number of nitrogens with zero attached hydrogens (tertiary/aromatic N) is 2. The Morgan fingerprint density at radius 3 is 2.48 bits per heavy atom. The van der Waals surface area contributed by atoms with Crippen molar-refractivity contribution in [2.24, 2.45) is 0 Å². The normalized spacial score (nSPS) is 22.3. The molecule has 25 heavy (non-hydrogen) atoms. The van der Waals surface area contributed by atoms with E-state index in [4.69, 9.17) is 0 Å². The van der Waals surface area contributed by atoms with Crippen LogP contribution in [-0.2, 0) is 10.0 Å². The lowest BCUT2D eigenvalue weighted by atomic mass is 10.1. The van der Waals surface area contributed by atoms with Gasteiger partial charge in [0, 0.05) is 38.8 Å². The SMILES string of the molecule is CC1CN(C(=O)c2ccccc2S(=O)(=O)N2CCCCC2)CCN1.Cl. The summed E-state index contributed by atoms with van der Waals surface area (Å²) in [5.74, 6) is -0.195. The van der Waals surface area contributed by atoms with E-state index in [0.717, 1.165) is 25.8 Å². The first kappa shape index (κ1) is 20.2. The molecule has 2 aliphatic heterocycles. The smallest absolute Gasteiger partial charge is 0.255 e. The Balaban J connectivity index is 0.00000225. The van der Waals surface area contributed by atoms with Crippen molar-refractivity contribution in [1.29, 1.82) is 0 Å². The van der Waals surface area contributed by atoms with Gasteiger partial charge >= 0.3 is 0 Å². The van der Waals surface area contributed by atoms with Gasteiger partial charge in [0.1, 0.15) is 0 Å². The minimum absolute atomic E-state index is 0. The van der Waals surface area contributed by atoms with Gasteiger partial charge in [0.2, 0.25) is 10.0 Å². The Labute approximate surface area is 156 Å². The number of amides is 1. The molecule has 1 aromatic carbocycles. The summed E-state index contributed by atoms with van der Waals surface area (Å²) in [6.45, 7) is 5.02. The molecular weight excluding hydrogens is 362 g/mol. The maximum Gasteiger partial charge on any atom is 0.255 e. The molecule has 0 spiro atoms. The largest absolute Gasteiger partial charge is 0.336 e. The molecule has 1 amide bonds. The molecule has 140 valence electrons. The van der Waals surface area contributed by atoms with Gasteiger partial charge in [-0.1, -0.05) is 18.6 Å². The summed E-state index contributed by atoms with van der Waals surface area (Å²) in [6.07, 6.45) is 2.82. The number of carbonyl (C=O) groups excluding carboxylic acids is 1. The van der Waals surface area contributed by atoms with Crippen LogP contribution in [0.1, 0.15) is 36.5 Å². The van der Waals surface area contributed by atoms with Gasteiger partial charge in [0.25, 0.3) is 5.91 Å². The van der Waals surface area contributed by atoms with E-state index >= 15 is 0 Å². The second kappa shape index (κ2) is 8.49. The minimum Gasteiger partial charge on any atom is -0.336 e. The highest BCUT2D eigenvalue weighted by molar-refractivity contribution is 7.89. The number of benzene rings is 1. The van der Waals surface area contributed by atoms with Crippen LogP contribution in [0.2, 0.25) is 0 Å². The maximum atomic E-state index is 13.0. The van der Waals surface area contributed by atoms with E-state index < -0.39 is 10.0 Å². The van der Waals surface area contributed by atoms with Crippen molar-refractivity contribution in [1.82, 2.24) is 14.5 Å². The molecule has 2 fully saturated rings. The average Bonchev–Trinajstić information content (AvgIpc) is 2.62. The van der Waals surface area contributed by atoms with Crippen LogP contribution >= 0.6 is 12.4 Å². The summed E-state index contributed by atoms with van der Waals surface area (Å²) >= 11 is 0. The minimum atomic E-state index is -3.62. The molecule has 2 aliphatic rings. The summed E-state index contributed by atoms with van der Waals surface area (Å²) in [7, 11) is -3.62. The fourth-order valence-corrected chi connectivity index (χ4v) is 5.10. The van der Waals surface area contributed by atoms with Gasteiger partial charge in [-0.25, -0.2) is 8.42 Å². The Morgan fingerprint density at radius 2 is 1.80 bits per heavy atom. The average molecular weight is 388 g/mol. The number of piperidine rings is 1. The number of hydrogen-bond donors (Lipinski definition) is 1. The first-order valence-electron chi connectivity index (χ1n) is 8.62. The highest BCUT2D eigenvalue weighted by Crippen LogP contribution is 2.24. The van der Waals surface area contributed by atoms with Crippen LogP contribution in [0.25, 0.3) is 0 Å². The fourth-order valence-electron chi connectivity index (χ4n) is 3.40. The molecule has 0 radical (unpaired) electrons. The lowest BCUT2D eigenvalue weighted by Gasteiger charge is -2.33. The van der Waals surface area contributed by atoms with E-state index in [2.05, 4.69) is 5.32 Å². The number of rotatable bonds is 3. The van der Waals surface area contributed by atoms with Crippen LogP contribution in [0.15, 0.2) is 29.2 Å². The molecular formula is C17H26ClN3O3S. The van der Waals surface area contributed by atoms with Gasteiger partial charge in [-0.3, -0.25) is 4.79 Å². The van der Waals surface area contributed by atoms with Crippen molar-refractivity contribution < 1.29 is 13.2 Å². The molecule has 8 heteroatoms. The third kappa shape index (κ3) is 4.34. The zero-order valence-corrected chi connectivity index (χ0v) is 16.1. The van der Waals surface area contributed by atoms with Crippen LogP contribution in [0.4, 0.5) is 0 Å². The number of piperazine rings is 1. The molecule has 0 aromatic heterocycles. The molecule has 2 heterocycles. The summed E-state index contributed by atoms with van der Waals surface area (Å²) < 4.78 is 27.5. The number of carbonyl (C=O) groups is 1. The highest BCUT2D eigenvalue weighted by atomic mass is 35.5. The monoisotopic (exact) mass is 387 g/mol. The lowest BCUT2D eigenvalue weighted by Crippen LogP contribution is -2.51. The predicted molar refractivity (Wildman–Crippen MR) is 99.7 cm³/mol. The Kier molecular flexibility index (Phi) is 6.85. The van der Waals surface area contributed by atoms with E-state index in [1.54, 1.807) is 29.2 Å². The van der Waals surface area contributed by atoms with E-state index in [9.17, 15) is 13.2 Å². The van der Waals surface area contributed by atoms with Crippen molar-refractivity contribution in [3.05, 3.63) is 29.8 Å². The second-order valence-electron chi connectivity index (χ2n) is 6.57. The van der Waals surface area contributed by atoms with Crippen LogP contribution in [0.3, 0.4) is 0 Å².